The summed E-state index contributed by atoms with van der Waals surface area (Å²) in [5.41, 5.74) is 6.25. The highest BCUT2D eigenvalue weighted by Crippen LogP contribution is 2.59. The van der Waals surface area contributed by atoms with E-state index in [9.17, 15) is 9.59 Å². The molecule has 40 heavy (non-hydrogen) atoms. The van der Waals surface area contributed by atoms with Crippen molar-refractivity contribution in [2.24, 2.45) is 0 Å². The van der Waals surface area contributed by atoms with Gasteiger partial charge in [-0.2, -0.15) is 0 Å². The van der Waals surface area contributed by atoms with Crippen molar-refractivity contribution in [2.45, 2.75) is 37.3 Å². The molecule has 2 aromatic heterocycles. The van der Waals surface area contributed by atoms with Crippen LogP contribution in [0.1, 0.15) is 44.8 Å². The van der Waals surface area contributed by atoms with Gasteiger partial charge in [0.15, 0.2) is 0 Å². The lowest BCUT2D eigenvalue weighted by atomic mass is 9.96. The molecule has 1 saturated carbocycles. The number of ether oxygens (including phenoxy) is 2. The van der Waals surface area contributed by atoms with Crippen LogP contribution < -0.4 is 4.74 Å². The molecule has 4 atom stereocenters. The van der Waals surface area contributed by atoms with Gasteiger partial charge >= 0.3 is 0 Å². The summed E-state index contributed by atoms with van der Waals surface area (Å²) in [5, 5.41) is 3.81. The number of para-hydroxylation sites is 2. The second-order valence-electron chi connectivity index (χ2n) is 11.5. The molecule has 1 saturated heterocycles. The molecule has 4 aromatic carbocycles. The quantitative estimate of drug-likeness (QED) is 0.211. The van der Waals surface area contributed by atoms with Gasteiger partial charge in [0.25, 0.3) is 11.8 Å². The Morgan fingerprint density at radius 1 is 0.750 bits per heavy atom. The predicted octanol–water partition coefficient (Wildman–Crippen LogP) is 5.97. The Hall–Kier alpha value is -4.62. The standard InChI is InChI=1S/C33H23N3O4/c1-39-17-12-10-16(11-13-17)15-34-32(37)26-24-18-6-2-4-8-20(18)35-22-14-23(31-30(22)40-31)36-21-9-5-3-7-19(21)25(27(26)33(34)38)29(36)28(24)35/h2-13,22-23,30-31H,14-15H2,1H3/t22-,23+,30+,31-. The number of rotatable bonds is 3. The van der Waals surface area contributed by atoms with Crippen LogP contribution in [-0.2, 0) is 11.3 Å². The number of hydrogen-bond donors (Lipinski definition) is 0. The lowest BCUT2D eigenvalue weighted by molar-refractivity contribution is 0.0643. The van der Waals surface area contributed by atoms with Gasteiger partial charge < -0.3 is 18.6 Å². The molecule has 7 heteroatoms. The van der Waals surface area contributed by atoms with E-state index in [1.807, 2.05) is 36.4 Å². The minimum Gasteiger partial charge on any atom is -0.497 e. The van der Waals surface area contributed by atoms with E-state index in [0.29, 0.717) is 11.1 Å². The summed E-state index contributed by atoms with van der Waals surface area (Å²) in [5.74, 6) is 0.279. The first-order valence-corrected chi connectivity index (χ1v) is 13.8. The summed E-state index contributed by atoms with van der Waals surface area (Å²) in [7, 11) is 1.62. The number of fused-ring (bicyclic) bond motifs is 11. The van der Waals surface area contributed by atoms with Crippen LogP contribution in [0.25, 0.3) is 43.6 Å². The second kappa shape index (κ2) is 6.92. The van der Waals surface area contributed by atoms with Crippen molar-refractivity contribution in [3.8, 4) is 5.75 Å². The third-order valence-corrected chi connectivity index (χ3v) is 9.68. The molecule has 7 nitrogen and oxygen atoms in total. The minimum atomic E-state index is -0.229. The number of hydrogen-bond acceptors (Lipinski definition) is 4. The van der Waals surface area contributed by atoms with Gasteiger partial charge in [-0.05, 0) is 36.2 Å². The van der Waals surface area contributed by atoms with Crippen molar-refractivity contribution >= 4 is 55.4 Å². The number of amides is 2. The van der Waals surface area contributed by atoms with Crippen LogP contribution in [0.5, 0.6) is 5.75 Å². The molecule has 6 aromatic rings. The van der Waals surface area contributed by atoms with Gasteiger partial charge in [0.2, 0.25) is 0 Å². The van der Waals surface area contributed by atoms with Crippen LogP contribution in [-0.4, -0.2) is 45.2 Å². The van der Waals surface area contributed by atoms with E-state index in [1.54, 1.807) is 7.11 Å². The molecule has 0 radical (unpaired) electrons. The highest BCUT2D eigenvalue weighted by atomic mass is 16.6. The molecule has 0 spiro atoms. The molecule has 5 heterocycles. The summed E-state index contributed by atoms with van der Waals surface area (Å²) in [6.07, 6.45) is 1.32. The molecule has 194 valence electrons. The Labute approximate surface area is 228 Å². The van der Waals surface area contributed by atoms with Crippen molar-refractivity contribution in [1.29, 1.82) is 0 Å². The van der Waals surface area contributed by atoms with Gasteiger partial charge in [-0.15, -0.1) is 0 Å². The third kappa shape index (κ3) is 2.30. The lowest BCUT2D eigenvalue weighted by Gasteiger charge is -2.17. The highest BCUT2D eigenvalue weighted by Gasteiger charge is 2.60. The Morgan fingerprint density at radius 2 is 1.27 bits per heavy atom. The van der Waals surface area contributed by atoms with Crippen LogP contribution in [0.15, 0.2) is 72.8 Å². The zero-order chi connectivity index (χ0) is 26.4. The Morgan fingerprint density at radius 3 is 1.80 bits per heavy atom. The summed E-state index contributed by atoms with van der Waals surface area (Å²) < 4.78 is 16.5. The molecule has 4 aliphatic rings. The fourth-order valence-electron chi connectivity index (χ4n) is 8.06. The lowest BCUT2D eigenvalue weighted by Crippen LogP contribution is -2.29. The maximum Gasteiger partial charge on any atom is 0.262 e. The monoisotopic (exact) mass is 525 g/mol. The maximum atomic E-state index is 14.4. The topological polar surface area (TPSA) is 69.0 Å². The minimum absolute atomic E-state index is 0.172. The van der Waals surface area contributed by atoms with Gasteiger partial charge in [-0.1, -0.05) is 48.5 Å². The van der Waals surface area contributed by atoms with Gasteiger partial charge in [-0.3, -0.25) is 14.5 Å². The predicted molar refractivity (Wildman–Crippen MR) is 151 cm³/mol. The number of methoxy groups -OCH3 is 1. The fourth-order valence-corrected chi connectivity index (χ4v) is 8.06. The van der Waals surface area contributed by atoms with E-state index >= 15 is 0 Å². The SMILES string of the molecule is COc1ccc(CN2C(=O)c3c(c4c5ccccc5n5c4c4c3c3ccccc3n4[C@@H]3C[C@H]5[C@H]4O[C@H]43)C2=O)cc1. The molecule has 2 fully saturated rings. The van der Waals surface area contributed by atoms with Crippen LogP contribution in [0, 0.1) is 0 Å². The first-order chi connectivity index (χ1) is 19.7. The first kappa shape index (κ1) is 21.2. The average Bonchev–Trinajstić information content (AvgIpc) is 3.38. The number of nitrogens with zero attached hydrogens (tertiary/aromatic N) is 3. The van der Waals surface area contributed by atoms with E-state index in [4.69, 9.17) is 9.47 Å². The second-order valence-corrected chi connectivity index (χ2v) is 11.5. The summed E-state index contributed by atoms with van der Waals surface area (Å²) >= 11 is 0. The molecule has 0 N–H and O–H groups in total. The van der Waals surface area contributed by atoms with E-state index in [0.717, 1.165) is 61.3 Å². The van der Waals surface area contributed by atoms with Crippen molar-refractivity contribution in [3.63, 3.8) is 0 Å². The highest BCUT2D eigenvalue weighted by molar-refractivity contribution is 6.39. The Kier molecular flexibility index (Phi) is 3.68. The van der Waals surface area contributed by atoms with Crippen molar-refractivity contribution in [1.82, 2.24) is 14.0 Å². The number of epoxide rings is 1. The molecular weight excluding hydrogens is 502 g/mol. The van der Waals surface area contributed by atoms with E-state index < -0.39 is 0 Å². The van der Waals surface area contributed by atoms with Crippen LogP contribution in [0.3, 0.4) is 0 Å². The van der Waals surface area contributed by atoms with Crippen LogP contribution in [0.4, 0.5) is 0 Å². The van der Waals surface area contributed by atoms with Crippen molar-refractivity contribution < 1.29 is 19.1 Å². The first-order valence-electron chi connectivity index (χ1n) is 13.8. The fraction of sp³-hybridized carbons (Fsp3) is 0.212. The van der Waals surface area contributed by atoms with E-state index in [2.05, 4.69) is 45.5 Å². The summed E-state index contributed by atoms with van der Waals surface area (Å²) in [6.45, 7) is 0.208. The summed E-state index contributed by atoms with van der Waals surface area (Å²) in [4.78, 5) is 30.1. The summed E-state index contributed by atoms with van der Waals surface area (Å²) in [6, 6.07) is 24.6. The largest absolute Gasteiger partial charge is 0.497 e. The third-order valence-electron chi connectivity index (χ3n) is 9.68. The van der Waals surface area contributed by atoms with Gasteiger partial charge in [0.05, 0.1) is 47.9 Å². The normalized spacial score (nSPS) is 24.1. The van der Waals surface area contributed by atoms with Crippen molar-refractivity contribution in [3.05, 3.63) is 89.5 Å². The average molecular weight is 526 g/mol. The number of imide groups is 1. The van der Waals surface area contributed by atoms with E-state index in [-0.39, 0.29) is 42.7 Å². The molecule has 2 amide bonds. The maximum absolute atomic E-state index is 14.4. The van der Waals surface area contributed by atoms with Gasteiger partial charge in [0.1, 0.15) is 18.0 Å². The van der Waals surface area contributed by atoms with Crippen LogP contribution >= 0.6 is 0 Å². The van der Waals surface area contributed by atoms with Crippen LogP contribution in [0.2, 0.25) is 0 Å². The number of benzene rings is 4. The van der Waals surface area contributed by atoms with Gasteiger partial charge in [0, 0.05) is 32.6 Å². The number of aromatic nitrogens is 2. The number of carbonyl (C=O) groups is 2. The molecule has 2 bridgehead atoms. The van der Waals surface area contributed by atoms with Crippen molar-refractivity contribution in [2.75, 3.05) is 7.11 Å². The van der Waals surface area contributed by atoms with E-state index in [1.165, 1.54) is 4.90 Å². The smallest absolute Gasteiger partial charge is 0.262 e. The molecule has 3 aliphatic heterocycles. The Balaban J connectivity index is 1.35. The molecule has 1 aliphatic carbocycles. The zero-order valence-corrected chi connectivity index (χ0v) is 21.6. The van der Waals surface area contributed by atoms with Gasteiger partial charge in [-0.25, -0.2) is 0 Å². The molecule has 10 rings (SSSR count). The zero-order valence-electron chi connectivity index (χ0n) is 21.6. The number of carbonyl (C=O) groups excluding carboxylic acids is 2. The molecule has 0 unspecified atom stereocenters. The molecular formula is C33H23N3O4. The Bertz CT molecular complexity index is 2030.